The summed E-state index contributed by atoms with van der Waals surface area (Å²) in [6.07, 6.45) is 3.49. The van der Waals surface area contributed by atoms with Crippen molar-refractivity contribution in [2.75, 3.05) is 5.32 Å². The number of carbonyl (C=O) groups is 1. The van der Waals surface area contributed by atoms with Gasteiger partial charge in [0.2, 0.25) is 0 Å². The lowest BCUT2D eigenvalue weighted by atomic mass is 10.3. The fourth-order valence-electron chi connectivity index (χ4n) is 1.48. The minimum atomic E-state index is -0.332. The summed E-state index contributed by atoms with van der Waals surface area (Å²) in [7, 11) is 1.86. The second-order valence-electron chi connectivity index (χ2n) is 3.89. The number of anilines is 1. The quantitative estimate of drug-likeness (QED) is 0.915. The predicted molar refractivity (Wildman–Crippen MR) is 75.5 cm³/mol. The van der Waals surface area contributed by atoms with Crippen molar-refractivity contribution in [2.45, 2.75) is 6.54 Å². The summed E-state index contributed by atoms with van der Waals surface area (Å²) < 4.78 is 1.83. The van der Waals surface area contributed by atoms with Crippen LogP contribution in [0.4, 0.5) is 10.5 Å². The number of rotatable bonds is 3. The van der Waals surface area contributed by atoms with Crippen LogP contribution in [0.25, 0.3) is 0 Å². The second kappa shape index (κ2) is 5.95. The van der Waals surface area contributed by atoms with E-state index in [1.165, 1.54) is 0 Å². The highest BCUT2D eigenvalue weighted by atomic mass is 35.5. The van der Waals surface area contributed by atoms with E-state index < -0.39 is 0 Å². The number of nitrogens with one attached hydrogen (secondary N) is 2. The van der Waals surface area contributed by atoms with Crippen LogP contribution in [0.1, 0.15) is 5.82 Å². The van der Waals surface area contributed by atoms with Crippen molar-refractivity contribution in [3.8, 4) is 0 Å². The van der Waals surface area contributed by atoms with Gasteiger partial charge in [-0.15, -0.1) is 0 Å². The second-order valence-corrected chi connectivity index (χ2v) is 4.71. The van der Waals surface area contributed by atoms with Crippen molar-refractivity contribution in [3.05, 3.63) is 46.5 Å². The van der Waals surface area contributed by atoms with Gasteiger partial charge in [0.15, 0.2) is 0 Å². The van der Waals surface area contributed by atoms with Gasteiger partial charge in [-0.3, -0.25) is 0 Å². The number of hydrogen-bond donors (Lipinski definition) is 2. The van der Waals surface area contributed by atoms with Crippen LogP contribution in [0.5, 0.6) is 0 Å². The highest BCUT2D eigenvalue weighted by Crippen LogP contribution is 2.24. The number of aromatic nitrogens is 2. The third-order valence-electron chi connectivity index (χ3n) is 2.51. The predicted octanol–water partition coefficient (Wildman–Crippen LogP) is 3.05. The van der Waals surface area contributed by atoms with E-state index in [0.29, 0.717) is 22.3 Å². The summed E-state index contributed by atoms with van der Waals surface area (Å²) >= 11 is 11.7. The Morgan fingerprint density at radius 1 is 1.37 bits per heavy atom. The molecule has 1 aromatic carbocycles. The van der Waals surface area contributed by atoms with E-state index in [9.17, 15) is 4.79 Å². The molecule has 0 radical (unpaired) electrons. The topological polar surface area (TPSA) is 59.0 Å². The average molecular weight is 299 g/mol. The van der Waals surface area contributed by atoms with Crippen LogP contribution >= 0.6 is 23.2 Å². The molecule has 5 nitrogen and oxygen atoms in total. The molecule has 0 aliphatic rings. The summed E-state index contributed by atoms with van der Waals surface area (Å²) in [4.78, 5) is 15.8. The number of aryl methyl sites for hydroxylation is 1. The Morgan fingerprint density at radius 2 is 2.16 bits per heavy atom. The van der Waals surface area contributed by atoms with Crippen LogP contribution in [0.3, 0.4) is 0 Å². The standard InChI is InChI=1S/C12H12Cl2N4O/c1-18-5-4-15-11(18)7-16-12(19)17-8-2-3-9(13)10(14)6-8/h2-6H,7H2,1H3,(H2,16,17,19). The fourth-order valence-corrected chi connectivity index (χ4v) is 1.77. The first-order valence-corrected chi connectivity index (χ1v) is 6.28. The van der Waals surface area contributed by atoms with Crippen LogP contribution in [-0.2, 0) is 13.6 Å². The summed E-state index contributed by atoms with van der Waals surface area (Å²) in [6, 6.07) is 4.55. The van der Waals surface area contributed by atoms with Gasteiger partial charge in [-0.05, 0) is 18.2 Å². The number of halogens is 2. The normalized spacial score (nSPS) is 10.3. The maximum Gasteiger partial charge on any atom is 0.319 e. The molecule has 100 valence electrons. The smallest absolute Gasteiger partial charge is 0.319 e. The van der Waals surface area contributed by atoms with Crippen LogP contribution in [-0.4, -0.2) is 15.6 Å². The molecule has 0 aliphatic heterocycles. The minimum absolute atomic E-state index is 0.332. The van der Waals surface area contributed by atoms with Crippen molar-refractivity contribution >= 4 is 34.9 Å². The summed E-state index contributed by atoms with van der Waals surface area (Å²) in [6.45, 7) is 0.344. The van der Waals surface area contributed by atoms with Gasteiger partial charge in [0.1, 0.15) is 5.82 Å². The molecule has 0 bridgehead atoms. The van der Waals surface area contributed by atoms with E-state index in [1.807, 2.05) is 17.8 Å². The Kier molecular flexibility index (Phi) is 4.29. The first-order chi connectivity index (χ1) is 9.06. The Balaban J connectivity index is 1.91. The summed E-state index contributed by atoms with van der Waals surface area (Å²) in [5.41, 5.74) is 0.576. The maximum atomic E-state index is 11.7. The molecule has 19 heavy (non-hydrogen) atoms. The maximum absolute atomic E-state index is 11.7. The molecule has 0 saturated carbocycles. The monoisotopic (exact) mass is 298 g/mol. The van der Waals surface area contributed by atoms with Gasteiger partial charge in [0, 0.05) is 25.1 Å². The number of carbonyl (C=O) groups excluding carboxylic acids is 1. The first kappa shape index (κ1) is 13.7. The number of nitrogens with zero attached hydrogens (tertiary/aromatic N) is 2. The van der Waals surface area contributed by atoms with Gasteiger partial charge >= 0.3 is 6.03 Å². The van der Waals surface area contributed by atoms with Gasteiger partial charge in [0.05, 0.1) is 16.6 Å². The van der Waals surface area contributed by atoms with Gasteiger partial charge in [-0.1, -0.05) is 23.2 Å². The number of imidazole rings is 1. The van der Waals surface area contributed by atoms with E-state index in [2.05, 4.69) is 15.6 Å². The van der Waals surface area contributed by atoms with E-state index in [-0.39, 0.29) is 6.03 Å². The van der Waals surface area contributed by atoms with Gasteiger partial charge < -0.3 is 15.2 Å². The SMILES string of the molecule is Cn1ccnc1CNC(=O)Nc1ccc(Cl)c(Cl)c1. The van der Waals surface area contributed by atoms with Crippen LogP contribution in [0.15, 0.2) is 30.6 Å². The van der Waals surface area contributed by atoms with Gasteiger partial charge in [-0.2, -0.15) is 0 Å². The molecule has 0 fully saturated rings. The summed E-state index contributed by atoms with van der Waals surface area (Å²) in [5, 5.41) is 6.20. The molecular formula is C12H12Cl2N4O. The Hall–Kier alpha value is -1.72. The Labute approximate surface area is 120 Å². The van der Waals surface area contributed by atoms with Crippen molar-refractivity contribution in [1.29, 1.82) is 0 Å². The number of hydrogen-bond acceptors (Lipinski definition) is 2. The molecule has 0 unspecified atom stereocenters. The van der Waals surface area contributed by atoms with Crippen molar-refractivity contribution in [1.82, 2.24) is 14.9 Å². The van der Waals surface area contributed by atoms with E-state index in [1.54, 1.807) is 24.4 Å². The number of amides is 2. The Morgan fingerprint density at radius 3 is 2.79 bits per heavy atom. The molecule has 2 rings (SSSR count). The first-order valence-electron chi connectivity index (χ1n) is 5.52. The highest BCUT2D eigenvalue weighted by Gasteiger charge is 2.05. The molecule has 2 amide bonds. The third kappa shape index (κ3) is 3.62. The number of benzene rings is 1. The molecule has 0 saturated heterocycles. The number of urea groups is 1. The average Bonchev–Trinajstić information content (AvgIpc) is 2.77. The lowest BCUT2D eigenvalue weighted by Gasteiger charge is -2.08. The highest BCUT2D eigenvalue weighted by molar-refractivity contribution is 6.42. The minimum Gasteiger partial charge on any atom is -0.337 e. The molecule has 1 aromatic heterocycles. The van der Waals surface area contributed by atoms with E-state index in [0.717, 1.165) is 5.82 Å². The van der Waals surface area contributed by atoms with E-state index >= 15 is 0 Å². The van der Waals surface area contributed by atoms with Crippen LogP contribution in [0.2, 0.25) is 10.0 Å². The van der Waals surface area contributed by atoms with Crippen LogP contribution < -0.4 is 10.6 Å². The van der Waals surface area contributed by atoms with Crippen molar-refractivity contribution in [2.24, 2.45) is 7.05 Å². The molecule has 2 aromatic rings. The fraction of sp³-hybridized carbons (Fsp3) is 0.167. The lowest BCUT2D eigenvalue weighted by molar-refractivity contribution is 0.251. The largest absolute Gasteiger partial charge is 0.337 e. The molecule has 0 aliphatic carbocycles. The Bertz CT molecular complexity index is 597. The summed E-state index contributed by atoms with van der Waals surface area (Å²) in [5.74, 6) is 0.768. The van der Waals surface area contributed by atoms with Gasteiger partial charge in [-0.25, -0.2) is 9.78 Å². The lowest BCUT2D eigenvalue weighted by Crippen LogP contribution is -2.29. The zero-order valence-corrected chi connectivity index (χ0v) is 11.7. The molecule has 0 atom stereocenters. The van der Waals surface area contributed by atoms with Crippen molar-refractivity contribution in [3.63, 3.8) is 0 Å². The zero-order chi connectivity index (χ0) is 13.8. The molecule has 0 spiro atoms. The molecule has 2 N–H and O–H groups in total. The van der Waals surface area contributed by atoms with E-state index in [4.69, 9.17) is 23.2 Å². The van der Waals surface area contributed by atoms with Gasteiger partial charge in [0.25, 0.3) is 0 Å². The molecule has 1 heterocycles. The van der Waals surface area contributed by atoms with Crippen LogP contribution in [0, 0.1) is 0 Å². The molecular weight excluding hydrogens is 287 g/mol. The third-order valence-corrected chi connectivity index (χ3v) is 3.24. The zero-order valence-electron chi connectivity index (χ0n) is 10.2. The molecule has 7 heteroatoms. The van der Waals surface area contributed by atoms with Crippen molar-refractivity contribution < 1.29 is 4.79 Å².